The van der Waals surface area contributed by atoms with E-state index in [4.69, 9.17) is 4.74 Å². The molecule has 0 bridgehead atoms. The number of carbonyl (C=O) groups is 1. The molecule has 0 saturated carbocycles. The summed E-state index contributed by atoms with van der Waals surface area (Å²) < 4.78 is 19.5. The molecule has 150 valence electrons. The minimum Gasteiger partial charge on any atom is -0.494 e. The molecule has 1 amide bonds. The molecule has 0 radical (unpaired) electrons. The van der Waals surface area contributed by atoms with Crippen molar-refractivity contribution in [3.8, 4) is 11.8 Å². The summed E-state index contributed by atoms with van der Waals surface area (Å²) in [6.07, 6.45) is 0. The molecule has 0 spiro atoms. The quantitative estimate of drug-likeness (QED) is 0.700. The lowest BCUT2D eigenvalue weighted by atomic mass is 10.0. The number of fused-ring (bicyclic) bond motifs is 4. The first-order valence-corrected chi connectivity index (χ1v) is 9.46. The maximum atomic E-state index is 14.3. The summed E-state index contributed by atoms with van der Waals surface area (Å²) in [4.78, 5) is 16.8. The van der Waals surface area contributed by atoms with Gasteiger partial charge in [-0.05, 0) is 18.2 Å². The van der Waals surface area contributed by atoms with Gasteiger partial charge in [-0.3, -0.25) is 4.79 Å². The summed E-state index contributed by atoms with van der Waals surface area (Å²) in [5.41, 5.74) is 2.67. The number of hydrogen-bond donors (Lipinski definition) is 1. The van der Waals surface area contributed by atoms with Crippen LogP contribution in [-0.4, -0.2) is 48.9 Å². The van der Waals surface area contributed by atoms with Gasteiger partial charge in [0.15, 0.2) is 5.69 Å². The second-order valence-electron chi connectivity index (χ2n) is 7.17. The van der Waals surface area contributed by atoms with Gasteiger partial charge in [-0.15, -0.1) is 10.2 Å². The number of nitriles is 1. The molecule has 9 heteroatoms. The van der Waals surface area contributed by atoms with E-state index in [2.05, 4.69) is 20.4 Å². The Labute approximate surface area is 171 Å². The van der Waals surface area contributed by atoms with Gasteiger partial charge in [0.05, 0.1) is 24.2 Å². The predicted molar refractivity (Wildman–Crippen MR) is 109 cm³/mol. The number of halogens is 1. The summed E-state index contributed by atoms with van der Waals surface area (Å²) in [5.74, 6) is -0.376. The Morgan fingerprint density at radius 2 is 2.10 bits per heavy atom. The second-order valence-corrected chi connectivity index (χ2v) is 7.17. The topological polar surface area (TPSA) is 94.4 Å². The third-order valence-corrected chi connectivity index (χ3v) is 5.57. The maximum absolute atomic E-state index is 14.3. The van der Waals surface area contributed by atoms with Crippen LogP contribution in [0.15, 0.2) is 36.4 Å². The SMILES string of the molecule is COc1cc(F)cc2c(N3CCN4c5ccccc5NC(=O)C4C3)c(C#N)nnc12. The number of hydrogen-bond acceptors (Lipinski definition) is 7. The maximum Gasteiger partial charge on any atom is 0.248 e. The standard InChI is InChI=1S/C21H17FN6O2/c1-30-18-9-12(22)8-13-19(18)26-25-15(10-23)20(13)27-6-7-28-16-5-3-2-4-14(16)24-21(29)17(28)11-27/h2-5,8-9,17H,6-7,11H2,1H3,(H,24,29). The van der Waals surface area contributed by atoms with E-state index in [1.165, 1.54) is 19.2 Å². The largest absolute Gasteiger partial charge is 0.494 e. The zero-order chi connectivity index (χ0) is 20.8. The molecule has 3 aromatic rings. The van der Waals surface area contributed by atoms with Gasteiger partial charge in [-0.1, -0.05) is 12.1 Å². The van der Waals surface area contributed by atoms with Crippen LogP contribution in [0.25, 0.3) is 10.9 Å². The van der Waals surface area contributed by atoms with E-state index in [-0.39, 0.29) is 17.4 Å². The van der Waals surface area contributed by atoms with Crippen molar-refractivity contribution in [2.75, 3.05) is 41.9 Å². The first-order chi connectivity index (χ1) is 14.6. The van der Waals surface area contributed by atoms with E-state index in [9.17, 15) is 14.4 Å². The number of piperazine rings is 1. The number of para-hydroxylation sites is 2. The minimum absolute atomic E-state index is 0.0835. The number of benzene rings is 2. The van der Waals surface area contributed by atoms with Crippen molar-refractivity contribution in [2.45, 2.75) is 6.04 Å². The predicted octanol–water partition coefficient (Wildman–Crippen LogP) is 2.30. The van der Waals surface area contributed by atoms with Crippen LogP contribution in [-0.2, 0) is 4.79 Å². The van der Waals surface area contributed by atoms with E-state index in [1.807, 2.05) is 35.2 Å². The van der Waals surface area contributed by atoms with E-state index >= 15 is 0 Å². The van der Waals surface area contributed by atoms with Crippen molar-refractivity contribution in [3.63, 3.8) is 0 Å². The summed E-state index contributed by atoms with van der Waals surface area (Å²) in [5, 5.41) is 21.1. The van der Waals surface area contributed by atoms with Gasteiger partial charge in [0, 0.05) is 31.1 Å². The Kier molecular flexibility index (Phi) is 4.13. The molecule has 0 aliphatic carbocycles. The third kappa shape index (κ3) is 2.69. The van der Waals surface area contributed by atoms with E-state index in [0.717, 1.165) is 11.4 Å². The van der Waals surface area contributed by atoms with Crippen LogP contribution in [0.5, 0.6) is 5.75 Å². The fraction of sp³-hybridized carbons (Fsp3) is 0.238. The van der Waals surface area contributed by atoms with Gasteiger partial charge in [0.1, 0.15) is 29.2 Å². The molecule has 2 aliphatic rings. The molecule has 2 aromatic carbocycles. The summed E-state index contributed by atoms with van der Waals surface area (Å²) in [7, 11) is 1.43. The van der Waals surface area contributed by atoms with E-state index in [0.29, 0.717) is 36.2 Å². The van der Waals surface area contributed by atoms with Crippen LogP contribution >= 0.6 is 0 Å². The third-order valence-electron chi connectivity index (χ3n) is 5.57. The average Bonchev–Trinajstić information content (AvgIpc) is 2.77. The summed E-state index contributed by atoms with van der Waals surface area (Å²) in [6, 6.07) is 11.8. The average molecular weight is 404 g/mol. The molecule has 2 aliphatic heterocycles. The fourth-order valence-electron chi connectivity index (χ4n) is 4.23. The minimum atomic E-state index is -0.500. The zero-order valence-electron chi connectivity index (χ0n) is 16.1. The van der Waals surface area contributed by atoms with Crippen molar-refractivity contribution in [1.82, 2.24) is 10.2 Å². The van der Waals surface area contributed by atoms with Crippen LogP contribution in [0, 0.1) is 17.1 Å². The molecule has 1 N–H and O–H groups in total. The lowest BCUT2D eigenvalue weighted by Gasteiger charge is -2.45. The lowest BCUT2D eigenvalue weighted by Crippen LogP contribution is -2.60. The number of aromatic nitrogens is 2. The van der Waals surface area contributed by atoms with Gasteiger partial charge >= 0.3 is 0 Å². The van der Waals surface area contributed by atoms with Crippen LogP contribution in [0.4, 0.5) is 21.5 Å². The lowest BCUT2D eigenvalue weighted by molar-refractivity contribution is -0.117. The number of ether oxygens (including phenoxy) is 1. The number of carbonyl (C=O) groups excluding carboxylic acids is 1. The molecule has 1 aromatic heterocycles. The van der Waals surface area contributed by atoms with Crippen LogP contribution < -0.4 is 19.9 Å². The number of anilines is 3. The van der Waals surface area contributed by atoms with Crippen LogP contribution in [0.1, 0.15) is 5.69 Å². The number of nitrogens with one attached hydrogen (secondary N) is 1. The first kappa shape index (κ1) is 18.1. The van der Waals surface area contributed by atoms with Crippen molar-refractivity contribution < 1.29 is 13.9 Å². The van der Waals surface area contributed by atoms with Crippen molar-refractivity contribution >= 4 is 33.9 Å². The summed E-state index contributed by atoms with van der Waals surface area (Å²) in [6.45, 7) is 1.43. The first-order valence-electron chi connectivity index (χ1n) is 9.46. The Morgan fingerprint density at radius 1 is 1.27 bits per heavy atom. The normalized spacial score (nSPS) is 17.8. The highest BCUT2D eigenvalue weighted by atomic mass is 19.1. The van der Waals surface area contributed by atoms with Gasteiger partial charge in [-0.2, -0.15) is 5.26 Å². The van der Waals surface area contributed by atoms with E-state index < -0.39 is 11.9 Å². The number of rotatable bonds is 2. The monoisotopic (exact) mass is 404 g/mol. The number of nitrogens with zero attached hydrogens (tertiary/aromatic N) is 5. The molecule has 5 rings (SSSR count). The number of amides is 1. The molecule has 1 fully saturated rings. The van der Waals surface area contributed by atoms with Crippen LogP contribution in [0.3, 0.4) is 0 Å². The van der Waals surface area contributed by atoms with E-state index in [1.54, 1.807) is 0 Å². The molecule has 8 nitrogen and oxygen atoms in total. The Bertz CT molecular complexity index is 1220. The van der Waals surface area contributed by atoms with Gasteiger partial charge in [0.25, 0.3) is 0 Å². The Balaban J connectivity index is 1.60. The molecule has 1 atom stereocenters. The zero-order valence-corrected chi connectivity index (χ0v) is 16.1. The smallest absolute Gasteiger partial charge is 0.248 e. The van der Waals surface area contributed by atoms with Gasteiger partial charge in [-0.25, -0.2) is 4.39 Å². The second kappa shape index (κ2) is 6.84. The van der Waals surface area contributed by atoms with Gasteiger partial charge < -0.3 is 19.9 Å². The Hall–Kier alpha value is -3.93. The summed E-state index contributed by atoms with van der Waals surface area (Å²) >= 11 is 0. The van der Waals surface area contributed by atoms with Crippen molar-refractivity contribution in [2.24, 2.45) is 0 Å². The van der Waals surface area contributed by atoms with Gasteiger partial charge in [0.2, 0.25) is 5.91 Å². The highest BCUT2D eigenvalue weighted by Crippen LogP contribution is 2.38. The molecule has 1 unspecified atom stereocenters. The molecular weight excluding hydrogens is 387 g/mol. The van der Waals surface area contributed by atoms with Crippen molar-refractivity contribution in [3.05, 3.63) is 47.9 Å². The Morgan fingerprint density at radius 3 is 2.90 bits per heavy atom. The fourth-order valence-corrected chi connectivity index (χ4v) is 4.23. The molecule has 3 heterocycles. The highest BCUT2D eigenvalue weighted by Gasteiger charge is 2.38. The van der Waals surface area contributed by atoms with Crippen LogP contribution in [0.2, 0.25) is 0 Å². The van der Waals surface area contributed by atoms with Crippen molar-refractivity contribution in [1.29, 1.82) is 5.26 Å². The highest BCUT2D eigenvalue weighted by molar-refractivity contribution is 6.05. The molecule has 30 heavy (non-hydrogen) atoms. The number of methoxy groups -OCH3 is 1. The molecular formula is C21H17FN6O2. The molecule has 1 saturated heterocycles.